The quantitative estimate of drug-likeness (QED) is 0.511. The minimum atomic E-state index is 0.139. The minimum Gasteiger partial charge on any atom is -0.472 e. The molecule has 2 aromatic rings. The predicted octanol–water partition coefficient (Wildman–Crippen LogP) is 5.68. The second-order valence-electron chi connectivity index (χ2n) is 7.77. The van der Waals surface area contributed by atoms with E-state index in [2.05, 4.69) is 70.8 Å². The Hall–Kier alpha value is -2.37. The van der Waals surface area contributed by atoms with Crippen LogP contribution in [0.3, 0.4) is 0 Å². The van der Waals surface area contributed by atoms with Gasteiger partial charge in [0.05, 0.1) is 11.4 Å². The summed E-state index contributed by atoms with van der Waals surface area (Å²) in [6.07, 6.45) is 2.80. The summed E-state index contributed by atoms with van der Waals surface area (Å²) in [5, 5.41) is 3.18. The molecule has 2 heterocycles. The van der Waals surface area contributed by atoms with Crippen LogP contribution >= 0.6 is 0 Å². The van der Waals surface area contributed by atoms with Crippen LogP contribution in [0.2, 0.25) is 0 Å². The molecule has 6 nitrogen and oxygen atoms in total. The van der Waals surface area contributed by atoms with Gasteiger partial charge in [0, 0.05) is 31.4 Å². The van der Waals surface area contributed by atoms with Gasteiger partial charge in [0.2, 0.25) is 0 Å². The number of anilines is 2. The molecule has 166 valence electrons. The van der Waals surface area contributed by atoms with Gasteiger partial charge in [-0.2, -0.15) is 0 Å². The van der Waals surface area contributed by atoms with Crippen LogP contribution in [0.15, 0.2) is 12.1 Å². The van der Waals surface area contributed by atoms with Gasteiger partial charge in [-0.05, 0) is 51.2 Å². The molecule has 0 aliphatic carbocycles. The zero-order valence-electron chi connectivity index (χ0n) is 20.0. The minimum absolute atomic E-state index is 0.139. The maximum absolute atomic E-state index is 6.18. The van der Waals surface area contributed by atoms with Crippen LogP contribution in [0.5, 0.6) is 5.88 Å². The lowest BCUT2D eigenvalue weighted by molar-refractivity contribution is 0.185. The summed E-state index contributed by atoms with van der Waals surface area (Å²) in [6.45, 7) is 16.8. The van der Waals surface area contributed by atoms with Crippen molar-refractivity contribution in [2.24, 2.45) is 0 Å². The lowest BCUT2D eigenvalue weighted by atomic mass is 10.0. The summed E-state index contributed by atoms with van der Waals surface area (Å²) in [7, 11) is 1.87. The highest BCUT2D eigenvalue weighted by molar-refractivity contribution is 5.76. The monoisotopic (exact) mass is 413 g/mol. The Labute approximate surface area is 182 Å². The fourth-order valence-corrected chi connectivity index (χ4v) is 3.51. The first-order chi connectivity index (χ1) is 14.4. The summed E-state index contributed by atoms with van der Waals surface area (Å²) in [5.74, 6) is 2.61. The van der Waals surface area contributed by atoms with Gasteiger partial charge in [-0.1, -0.05) is 34.6 Å². The molecule has 0 aromatic carbocycles. The normalized spacial score (nSPS) is 11.3. The number of ether oxygens (including phenoxy) is 1. The van der Waals surface area contributed by atoms with E-state index >= 15 is 0 Å². The first-order valence-electron chi connectivity index (χ1n) is 11.4. The molecule has 0 radical (unpaired) electrons. The van der Waals surface area contributed by atoms with Crippen molar-refractivity contribution >= 4 is 11.6 Å². The molecule has 0 saturated heterocycles. The molecule has 0 saturated carbocycles. The molecule has 0 fully saturated rings. The fraction of sp³-hybridized carbons (Fsp3) is 0.625. The maximum Gasteiger partial charge on any atom is 0.257 e. The predicted molar refractivity (Wildman–Crippen MR) is 127 cm³/mol. The van der Waals surface area contributed by atoms with Crippen molar-refractivity contribution in [2.75, 3.05) is 30.4 Å². The average molecular weight is 414 g/mol. The summed E-state index contributed by atoms with van der Waals surface area (Å²) < 4.78 is 6.18. The van der Waals surface area contributed by atoms with Gasteiger partial charge in [0.15, 0.2) is 5.82 Å². The van der Waals surface area contributed by atoms with E-state index in [1.807, 2.05) is 7.05 Å². The molecular weight excluding hydrogens is 374 g/mol. The van der Waals surface area contributed by atoms with E-state index in [4.69, 9.17) is 19.7 Å². The van der Waals surface area contributed by atoms with Crippen molar-refractivity contribution in [3.63, 3.8) is 0 Å². The third-order valence-corrected chi connectivity index (χ3v) is 5.50. The molecule has 0 amide bonds. The molecule has 0 unspecified atom stereocenters. The van der Waals surface area contributed by atoms with E-state index in [9.17, 15) is 0 Å². The van der Waals surface area contributed by atoms with E-state index in [0.717, 1.165) is 60.8 Å². The van der Waals surface area contributed by atoms with Crippen molar-refractivity contribution in [3.05, 3.63) is 23.5 Å². The second-order valence-corrected chi connectivity index (χ2v) is 7.77. The molecule has 0 spiro atoms. The van der Waals surface area contributed by atoms with Gasteiger partial charge in [-0.25, -0.2) is 15.0 Å². The molecule has 2 rings (SSSR count). The van der Waals surface area contributed by atoms with Crippen LogP contribution in [-0.2, 0) is 6.42 Å². The summed E-state index contributed by atoms with van der Waals surface area (Å²) in [4.78, 5) is 17.2. The Morgan fingerprint density at radius 1 is 0.967 bits per heavy atom. The Bertz CT molecular complexity index is 813. The standard InChI is InChI=1S/C24H39N5O/c1-9-17(10-2)30-24-22(25-8)28-21(19(11-3)27-24)18-14-15-20(16(6)7)26-23(18)29(12-4)13-5/h14-17H,9-13H2,1-8H3,(H,25,28). The van der Waals surface area contributed by atoms with Crippen molar-refractivity contribution in [1.29, 1.82) is 0 Å². The molecule has 2 aromatic heterocycles. The highest BCUT2D eigenvalue weighted by atomic mass is 16.5. The Morgan fingerprint density at radius 3 is 2.13 bits per heavy atom. The smallest absolute Gasteiger partial charge is 0.257 e. The van der Waals surface area contributed by atoms with E-state index in [1.165, 1.54) is 0 Å². The highest BCUT2D eigenvalue weighted by Gasteiger charge is 2.22. The summed E-state index contributed by atoms with van der Waals surface area (Å²) >= 11 is 0. The van der Waals surface area contributed by atoms with Crippen molar-refractivity contribution in [3.8, 4) is 17.1 Å². The number of rotatable bonds is 11. The molecule has 30 heavy (non-hydrogen) atoms. The van der Waals surface area contributed by atoms with Crippen molar-refractivity contribution in [1.82, 2.24) is 15.0 Å². The lowest BCUT2D eigenvalue weighted by Gasteiger charge is -2.25. The zero-order valence-corrected chi connectivity index (χ0v) is 20.0. The van der Waals surface area contributed by atoms with Crippen molar-refractivity contribution in [2.45, 2.75) is 79.8 Å². The number of pyridine rings is 1. The first-order valence-corrected chi connectivity index (χ1v) is 11.4. The molecule has 0 bridgehead atoms. The zero-order chi connectivity index (χ0) is 22.3. The Balaban J connectivity index is 2.67. The number of aryl methyl sites for hydroxylation is 1. The fourth-order valence-electron chi connectivity index (χ4n) is 3.51. The SMILES string of the molecule is CCc1nc(OC(CC)CC)c(NC)nc1-c1ccc(C(C)C)nc1N(CC)CC. The number of hydrogen-bond acceptors (Lipinski definition) is 6. The van der Waals surface area contributed by atoms with Crippen LogP contribution in [0.25, 0.3) is 11.3 Å². The number of nitrogens with one attached hydrogen (secondary N) is 1. The molecule has 0 aliphatic heterocycles. The third kappa shape index (κ3) is 5.21. The van der Waals surface area contributed by atoms with Crippen LogP contribution in [0, 0.1) is 0 Å². The number of aromatic nitrogens is 3. The van der Waals surface area contributed by atoms with Gasteiger partial charge in [0.25, 0.3) is 5.88 Å². The van der Waals surface area contributed by atoms with Crippen LogP contribution < -0.4 is 15.0 Å². The topological polar surface area (TPSA) is 63.2 Å². The van der Waals surface area contributed by atoms with E-state index in [-0.39, 0.29) is 6.10 Å². The summed E-state index contributed by atoms with van der Waals surface area (Å²) in [5.41, 5.74) is 3.93. The first kappa shape index (κ1) is 23.9. The third-order valence-electron chi connectivity index (χ3n) is 5.50. The maximum atomic E-state index is 6.18. The van der Waals surface area contributed by atoms with E-state index in [0.29, 0.717) is 17.6 Å². The number of hydrogen-bond donors (Lipinski definition) is 1. The highest BCUT2D eigenvalue weighted by Crippen LogP contribution is 2.35. The van der Waals surface area contributed by atoms with Gasteiger partial charge in [-0.15, -0.1) is 0 Å². The van der Waals surface area contributed by atoms with Gasteiger partial charge in [-0.3, -0.25) is 0 Å². The lowest BCUT2D eigenvalue weighted by Crippen LogP contribution is -2.24. The largest absolute Gasteiger partial charge is 0.472 e. The van der Waals surface area contributed by atoms with Crippen LogP contribution in [0.4, 0.5) is 11.6 Å². The van der Waals surface area contributed by atoms with Gasteiger partial charge in [0.1, 0.15) is 11.9 Å². The van der Waals surface area contributed by atoms with Crippen LogP contribution in [-0.4, -0.2) is 41.2 Å². The number of nitrogens with zero attached hydrogens (tertiary/aromatic N) is 4. The molecular formula is C24H39N5O. The molecule has 0 atom stereocenters. The van der Waals surface area contributed by atoms with E-state index in [1.54, 1.807) is 0 Å². The Morgan fingerprint density at radius 2 is 1.63 bits per heavy atom. The Kier molecular flexibility index (Phi) is 8.88. The van der Waals surface area contributed by atoms with Gasteiger partial charge >= 0.3 is 0 Å². The van der Waals surface area contributed by atoms with Gasteiger partial charge < -0.3 is 15.0 Å². The average Bonchev–Trinajstić information content (AvgIpc) is 2.77. The molecule has 0 aliphatic rings. The molecule has 1 N–H and O–H groups in total. The molecule has 6 heteroatoms. The van der Waals surface area contributed by atoms with Crippen LogP contribution in [0.1, 0.15) is 78.6 Å². The second kappa shape index (κ2) is 11.1. The summed E-state index contributed by atoms with van der Waals surface area (Å²) in [6, 6.07) is 4.27. The van der Waals surface area contributed by atoms with E-state index < -0.39 is 0 Å². The van der Waals surface area contributed by atoms with Crippen molar-refractivity contribution < 1.29 is 4.74 Å².